The van der Waals surface area contributed by atoms with Gasteiger partial charge >= 0.3 is 0 Å². The smallest absolute Gasteiger partial charge is 0.142 e. The summed E-state index contributed by atoms with van der Waals surface area (Å²) in [5, 5.41) is 9.55. The molecule has 0 saturated heterocycles. The van der Waals surface area contributed by atoms with Crippen molar-refractivity contribution in [2.75, 3.05) is 11.4 Å². The zero-order chi connectivity index (χ0) is 13.2. The van der Waals surface area contributed by atoms with E-state index in [1.165, 1.54) is 9.13 Å². The molecule has 0 saturated carbocycles. The summed E-state index contributed by atoms with van der Waals surface area (Å²) in [5.74, 6) is 0. The van der Waals surface area contributed by atoms with Crippen LogP contribution in [0.2, 0.25) is 0 Å². The van der Waals surface area contributed by atoms with Gasteiger partial charge in [0.2, 0.25) is 0 Å². The van der Waals surface area contributed by atoms with E-state index in [-0.39, 0.29) is 6.04 Å². The standard InChI is InChI=1S/C16H13IN2/c17-13-5-3-6-14(10-13)19-9-8-12-4-1-2-7-15(12)16(19)11-18/h1-7,10,16H,8-9H2. The maximum Gasteiger partial charge on any atom is 0.142 e. The Morgan fingerprint density at radius 1 is 1.16 bits per heavy atom. The van der Waals surface area contributed by atoms with Gasteiger partial charge in [0.05, 0.1) is 6.07 Å². The molecule has 3 heteroatoms. The number of fused-ring (bicyclic) bond motifs is 1. The van der Waals surface area contributed by atoms with Gasteiger partial charge in [0.15, 0.2) is 0 Å². The summed E-state index contributed by atoms with van der Waals surface area (Å²) in [5.41, 5.74) is 3.58. The largest absolute Gasteiger partial charge is 0.352 e. The van der Waals surface area contributed by atoms with Gasteiger partial charge in [-0.05, 0) is 58.3 Å². The van der Waals surface area contributed by atoms with Crippen LogP contribution in [0.5, 0.6) is 0 Å². The Kier molecular flexibility index (Phi) is 3.43. The van der Waals surface area contributed by atoms with Crippen molar-refractivity contribution >= 4 is 28.3 Å². The first-order valence-corrected chi connectivity index (χ1v) is 7.37. The summed E-state index contributed by atoms with van der Waals surface area (Å²) in [4.78, 5) is 2.20. The van der Waals surface area contributed by atoms with Crippen LogP contribution >= 0.6 is 22.6 Å². The number of halogens is 1. The monoisotopic (exact) mass is 360 g/mol. The molecule has 1 unspecified atom stereocenters. The van der Waals surface area contributed by atoms with E-state index in [1.807, 2.05) is 18.2 Å². The average Bonchev–Trinajstić information content (AvgIpc) is 2.46. The third kappa shape index (κ3) is 2.33. The van der Waals surface area contributed by atoms with Crippen molar-refractivity contribution < 1.29 is 0 Å². The Hall–Kier alpha value is -1.54. The lowest BCUT2D eigenvalue weighted by molar-refractivity contribution is 0.676. The van der Waals surface area contributed by atoms with Crippen LogP contribution in [0.25, 0.3) is 0 Å². The molecule has 1 heterocycles. The van der Waals surface area contributed by atoms with Crippen LogP contribution in [-0.2, 0) is 6.42 Å². The van der Waals surface area contributed by atoms with Gasteiger partial charge in [0, 0.05) is 15.8 Å². The second kappa shape index (κ2) is 5.22. The molecule has 2 aromatic carbocycles. The number of anilines is 1. The molecule has 1 aliphatic rings. The number of hydrogen-bond donors (Lipinski definition) is 0. The van der Waals surface area contributed by atoms with E-state index in [4.69, 9.17) is 0 Å². The maximum absolute atomic E-state index is 9.55. The Morgan fingerprint density at radius 3 is 2.79 bits per heavy atom. The Morgan fingerprint density at radius 2 is 2.00 bits per heavy atom. The van der Waals surface area contributed by atoms with E-state index in [9.17, 15) is 5.26 Å². The number of benzene rings is 2. The van der Waals surface area contributed by atoms with Gasteiger partial charge in [-0.15, -0.1) is 0 Å². The number of hydrogen-bond acceptors (Lipinski definition) is 2. The maximum atomic E-state index is 9.55. The molecule has 0 N–H and O–H groups in total. The Bertz CT molecular complexity index is 645. The Balaban J connectivity index is 2.04. The van der Waals surface area contributed by atoms with Crippen molar-refractivity contribution in [3.05, 3.63) is 63.2 Å². The fourth-order valence-electron chi connectivity index (χ4n) is 2.64. The van der Waals surface area contributed by atoms with Crippen molar-refractivity contribution in [3.8, 4) is 6.07 Å². The molecule has 2 nitrogen and oxygen atoms in total. The molecule has 94 valence electrons. The highest BCUT2D eigenvalue weighted by Gasteiger charge is 2.27. The lowest BCUT2D eigenvalue weighted by Crippen LogP contribution is -2.34. The van der Waals surface area contributed by atoms with Gasteiger partial charge in [-0.25, -0.2) is 0 Å². The zero-order valence-corrected chi connectivity index (χ0v) is 12.5. The van der Waals surface area contributed by atoms with Crippen LogP contribution < -0.4 is 4.90 Å². The van der Waals surface area contributed by atoms with E-state index < -0.39 is 0 Å². The van der Waals surface area contributed by atoms with Gasteiger partial charge in [0.25, 0.3) is 0 Å². The number of rotatable bonds is 1. The molecule has 1 aliphatic heterocycles. The van der Waals surface area contributed by atoms with Crippen molar-refractivity contribution in [2.45, 2.75) is 12.5 Å². The summed E-state index contributed by atoms with van der Waals surface area (Å²) >= 11 is 2.31. The minimum absolute atomic E-state index is 0.178. The van der Waals surface area contributed by atoms with Crippen LogP contribution in [0.1, 0.15) is 17.2 Å². The SMILES string of the molecule is N#CC1c2ccccc2CCN1c1cccc(I)c1. The molecule has 0 aromatic heterocycles. The first-order valence-electron chi connectivity index (χ1n) is 6.29. The van der Waals surface area contributed by atoms with Crippen LogP contribution in [0.3, 0.4) is 0 Å². The molecule has 19 heavy (non-hydrogen) atoms. The normalized spacial score (nSPS) is 17.7. The third-order valence-corrected chi connectivity index (χ3v) is 4.22. The Labute approximate surface area is 126 Å². The molecule has 1 atom stereocenters. The fraction of sp³-hybridized carbons (Fsp3) is 0.188. The van der Waals surface area contributed by atoms with Gasteiger partial charge in [-0.2, -0.15) is 5.26 Å². The highest BCUT2D eigenvalue weighted by atomic mass is 127. The lowest BCUT2D eigenvalue weighted by atomic mass is 9.93. The highest BCUT2D eigenvalue weighted by Crippen LogP contribution is 2.33. The topological polar surface area (TPSA) is 27.0 Å². The van der Waals surface area contributed by atoms with E-state index in [0.29, 0.717) is 0 Å². The van der Waals surface area contributed by atoms with Crippen molar-refractivity contribution in [1.29, 1.82) is 5.26 Å². The number of nitriles is 1. The van der Waals surface area contributed by atoms with Crippen LogP contribution in [0.15, 0.2) is 48.5 Å². The third-order valence-electron chi connectivity index (χ3n) is 3.55. The van der Waals surface area contributed by atoms with Crippen LogP contribution in [-0.4, -0.2) is 6.54 Å². The van der Waals surface area contributed by atoms with Gasteiger partial charge in [-0.3, -0.25) is 0 Å². The molecule has 0 bridgehead atoms. The van der Waals surface area contributed by atoms with E-state index in [2.05, 4.69) is 63.9 Å². The molecule has 0 radical (unpaired) electrons. The van der Waals surface area contributed by atoms with E-state index >= 15 is 0 Å². The minimum atomic E-state index is -0.178. The molecular weight excluding hydrogens is 347 g/mol. The second-order valence-electron chi connectivity index (χ2n) is 4.65. The van der Waals surface area contributed by atoms with Crippen molar-refractivity contribution in [3.63, 3.8) is 0 Å². The first-order chi connectivity index (χ1) is 9.29. The molecule has 2 aromatic rings. The lowest BCUT2D eigenvalue weighted by Gasteiger charge is -2.35. The summed E-state index contributed by atoms with van der Waals surface area (Å²) in [6, 6.07) is 18.9. The van der Waals surface area contributed by atoms with Gasteiger partial charge in [0.1, 0.15) is 6.04 Å². The number of nitrogens with zero attached hydrogens (tertiary/aromatic N) is 2. The summed E-state index contributed by atoms with van der Waals surface area (Å²) in [6.45, 7) is 0.898. The molecule has 0 aliphatic carbocycles. The molecule has 0 amide bonds. The first kappa shape index (κ1) is 12.5. The zero-order valence-electron chi connectivity index (χ0n) is 10.4. The molecular formula is C16H13IN2. The van der Waals surface area contributed by atoms with E-state index in [0.717, 1.165) is 24.2 Å². The average molecular weight is 360 g/mol. The minimum Gasteiger partial charge on any atom is -0.352 e. The molecule has 0 fully saturated rings. The van der Waals surface area contributed by atoms with E-state index in [1.54, 1.807) is 0 Å². The summed E-state index contributed by atoms with van der Waals surface area (Å²) in [6.07, 6.45) is 1.000. The van der Waals surface area contributed by atoms with Crippen molar-refractivity contribution in [2.24, 2.45) is 0 Å². The van der Waals surface area contributed by atoms with Crippen LogP contribution in [0, 0.1) is 14.9 Å². The fourth-order valence-corrected chi connectivity index (χ4v) is 3.17. The van der Waals surface area contributed by atoms with Crippen LogP contribution in [0.4, 0.5) is 5.69 Å². The quantitative estimate of drug-likeness (QED) is 0.721. The predicted molar refractivity (Wildman–Crippen MR) is 85.0 cm³/mol. The molecule has 0 spiro atoms. The highest BCUT2D eigenvalue weighted by molar-refractivity contribution is 14.1. The van der Waals surface area contributed by atoms with Crippen molar-refractivity contribution in [1.82, 2.24) is 0 Å². The second-order valence-corrected chi connectivity index (χ2v) is 5.90. The summed E-state index contributed by atoms with van der Waals surface area (Å²) < 4.78 is 1.20. The molecule has 3 rings (SSSR count). The van der Waals surface area contributed by atoms with Gasteiger partial charge in [-0.1, -0.05) is 30.3 Å². The predicted octanol–water partition coefficient (Wildman–Crippen LogP) is 3.92. The van der Waals surface area contributed by atoms with Gasteiger partial charge < -0.3 is 4.90 Å². The summed E-state index contributed by atoms with van der Waals surface area (Å²) in [7, 11) is 0.